The molecule has 0 aromatic heterocycles. The SMILES string of the molecule is C=CCOC(=O)CN=C(SC)SC. The summed E-state index contributed by atoms with van der Waals surface area (Å²) in [5.74, 6) is -0.319. The van der Waals surface area contributed by atoms with E-state index in [0.717, 1.165) is 4.38 Å². The highest BCUT2D eigenvalue weighted by Crippen LogP contribution is 2.10. The van der Waals surface area contributed by atoms with Crippen molar-refractivity contribution in [3.8, 4) is 0 Å². The number of esters is 1. The van der Waals surface area contributed by atoms with E-state index in [1.54, 1.807) is 0 Å². The van der Waals surface area contributed by atoms with Crippen molar-refractivity contribution < 1.29 is 9.53 Å². The first-order chi connectivity index (χ1) is 6.24. The Labute approximate surface area is 87.0 Å². The predicted molar refractivity (Wildman–Crippen MR) is 60.5 cm³/mol. The number of hydrogen-bond acceptors (Lipinski definition) is 5. The Morgan fingerprint density at radius 1 is 1.54 bits per heavy atom. The van der Waals surface area contributed by atoms with E-state index in [9.17, 15) is 4.79 Å². The second-order valence-electron chi connectivity index (χ2n) is 1.96. The highest BCUT2D eigenvalue weighted by molar-refractivity contribution is 8.38. The Kier molecular flexibility index (Phi) is 7.93. The number of rotatable bonds is 4. The van der Waals surface area contributed by atoms with E-state index >= 15 is 0 Å². The minimum Gasteiger partial charge on any atom is -0.460 e. The molecule has 74 valence electrons. The third kappa shape index (κ3) is 6.72. The second-order valence-corrected chi connectivity index (χ2v) is 3.81. The lowest BCUT2D eigenvalue weighted by molar-refractivity contribution is -0.140. The van der Waals surface area contributed by atoms with Crippen LogP contribution in [0.2, 0.25) is 0 Å². The molecule has 0 aliphatic carbocycles. The minimum absolute atomic E-state index is 0.0881. The molecule has 0 saturated carbocycles. The number of hydrogen-bond donors (Lipinski definition) is 0. The van der Waals surface area contributed by atoms with Crippen LogP contribution in [-0.2, 0) is 9.53 Å². The van der Waals surface area contributed by atoms with Gasteiger partial charge in [0.05, 0.1) is 0 Å². The van der Waals surface area contributed by atoms with Gasteiger partial charge in [-0.25, -0.2) is 0 Å². The van der Waals surface area contributed by atoms with Crippen LogP contribution in [0.5, 0.6) is 0 Å². The maximum absolute atomic E-state index is 10.9. The van der Waals surface area contributed by atoms with Gasteiger partial charge in [0, 0.05) is 0 Å². The molecule has 13 heavy (non-hydrogen) atoms. The van der Waals surface area contributed by atoms with Gasteiger partial charge in [-0.05, 0) is 12.5 Å². The molecule has 0 saturated heterocycles. The number of nitrogens with zero attached hydrogens (tertiary/aromatic N) is 1. The molecule has 0 radical (unpaired) electrons. The first kappa shape index (κ1) is 12.6. The van der Waals surface area contributed by atoms with Crippen molar-refractivity contribution >= 4 is 33.9 Å². The molecule has 0 rings (SSSR count). The third-order valence-corrected chi connectivity index (χ3v) is 3.01. The Bertz CT molecular complexity index is 198. The Hall–Kier alpha value is -0.420. The van der Waals surface area contributed by atoms with Crippen molar-refractivity contribution in [2.75, 3.05) is 25.7 Å². The van der Waals surface area contributed by atoms with E-state index in [1.165, 1.54) is 29.6 Å². The fourth-order valence-corrected chi connectivity index (χ4v) is 1.59. The van der Waals surface area contributed by atoms with Crippen LogP contribution in [0.1, 0.15) is 0 Å². The largest absolute Gasteiger partial charge is 0.460 e. The molecule has 0 N–H and O–H groups in total. The van der Waals surface area contributed by atoms with Gasteiger partial charge in [-0.1, -0.05) is 12.7 Å². The number of aliphatic imine (C=N–C) groups is 1. The van der Waals surface area contributed by atoms with Gasteiger partial charge in [-0.15, -0.1) is 23.5 Å². The molecular weight excluding hydrogens is 206 g/mol. The first-order valence-electron chi connectivity index (χ1n) is 3.63. The van der Waals surface area contributed by atoms with Crippen molar-refractivity contribution in [3.05, 3.63) is 12.7 Å². The third-order valence-electron chi connectivity index (χ3n) is 1.05. The molecule has 0 heterocycles. The average Bonchev–Trinajstić information content (AvgIpc) is 2.16. The van der Waals surface area contributed by atoms with Crippen LogP contribution < -0.4 is 0 Å². The first-order valence-corrected chi connectivity index (χ1v) is 6.08. The van der Waals surface area contributed by atoms with Gasteiger partial charge in [0.1, 0.15) is 17.5 Å². The van der Waals surface area contributed by atoms with Crippen LogP contribution in [0.25, 0.3) is 0 Å². The highest BCUT2D eigenvalue weighted by Gasteiger charge is 2.00. The zero-order chi connectivity index (χ0) is 10.1. The fraction of sp³-hybridized carbons (Fsp3) is 0.500. The lowest BCUT2D eigenvalue weighted by Crippen LogP contribution is -2.08. The Morgan fingerprint density at radius 3 is 2.62 bits per heavy atom. The predicted octanol–water partition coefficient (Wildman–Crippen LogP) is 1.80. The van der Waals surface area contributed by atoms with E-state index < -0.39 is 0 Å². The maximum Gasteiger partial charge on any atom is 0.328 e. The molecule has 0 aromatic carbocycles. The summed E-state index contributed by atoms with van der Waals surface area (Å²) < 4.78 is 5.63. The highest BCUT2D eigenvalue weighted by atomic mass is 32.2. The molecule has 0 spiro atoms. The molecule has 0 aliphatic rings. The summed E-state index contributed by atoms with van der Waals surface area (Å²) in [6, 6.07) is 0. The summed E-state index contributed by atoms with van der Waals surface area (Å²) in [7, 11) is 0. The lowest BCUT2D eigenvalue weighted by Gasteiger charge is -1.99. The van der Waals surface area contributed by atoms with Gasteiger partial charge >= 0.3 is 5.97 Å². The minimum atomic E-state index is -0.319. The Balaban J connectivity index is 3.77. The molecule has 0 atom stereocenters. The zero-order valence-electron chi connectivity index (χ0n) is 7.78. The van der Waals surface area contributed by atoms with E-state index in [1.807, 2.05) is 12.5 Å². The average molecular weight is 219 g/mol. The van der Waals surface area contributed by atoms with Crippen LogP contribution in [0, 0.1) is 0 Å². The summed E-state index contributed by atoms with van der Waals surface area (Å²) in [5.41, 5.74) is 0. The fourth-order valence-electron chi connectivity index (χ4n) is 0.539. The van der Waals surface area contributed by atoms with Crippen molar-refractivity contribution in [2.45, 2.75) is 0 Å². The van der Waals surface area contributed by atoms with Gasteiger partial charge in [-0.2, -0.15) is 0 Å². The van der Waals surface area contributed by atoms with Crippen LogP contribution in [0.15, 0.2) is 17.6 Å². The second kappa shape index (κ2) is 8.19. The molecule has 0 unspecified atom stereocenters. The number of thioether (sulfide) groups is 2. The van der Waals surface area contributed by atoms with Crippen molar-refractivity contribution in [3.63, 3.8) is 0 Å². The summed E-state index contributed by atoms with van der Waals surface area (Å²) >= 11 is 3.04. The van der Waals surface area contributed by atoms with Gasteiger partial charge in [-0.3, -0.25) is 9.79 Å². The lowest BCUT2D eigenvalue weighted by atomic mass is 10.6. The van der Waals surface area contributed by atoms with Gasteiger partial charge in [0.25, 0.3) is 0 Å². The van der Waals surface area contributed by atoms with Gasteiger partial charge in [0.2, 0.25) is 0 Å². The summed E-state index contributed by atoms with van der Waals surface area (Å²) in [6.07, 6.45) is 5.38. The van der Waals surface area contributed by atoms with E-state index in [4.69, 9.17) is 4.74 Å². The molecule has 3 nitrogen and oxygen atoms in total. The molecule has 5 heteroatoms. The van der Waals surface area contributed by atoms with Crippen molar-refractivity contribution in [1.82, 2.24) is 0 Å². The normalized spacial score (nSPS) is 9.08. The number of carbonyl (C=O) groups excluding carboxylic acids is 1. The smallest absolute Gasteiger partial charge is 0.328 e. The molecule has 0 bridgehead atoms. The topological polar surface area (TPSA) is 38.7 Å². The molecule has 0 aromatic rings. The Morgan fingerprint density at radius 2 is 2.15 bits per heavy atom. The van der Waals surface area contributed by atoms with Crippen molar-refractivity contribution in [2.24, 2.45) is 4.99 Å². The zero-order valence-corrected chi connectivity index (χ0v) is 9.41. The monoisotopic (exact) mass is 219 g/mol. The van der Waals surface area contributed by atoms with Crippen LogP contribution in [0.3, 0.4) is 0 Å². The van der Waals surface area contributed by atoms with E-state index in [2.05, 4.69) is 11.6 Å². The molecule has 0 aliphatic heterocycles. The summed E-state index contributed by atoms with van der Waals surface area (Å²) in [5, 5.41) is 0. The quantitative estimate of drug-likeness (QED) is 0.313. The summed E-state index contributed by atoms with van der Waals surface area (Å²) in [6.45, 7) is 3.78. The molecule has 0 amide bonds. The van der Waals surface area contributed by atoms with E-state index in [0.29, 0.717) is 0 Å². The number of carbonyl (C=O) groups is 1. The standard InChI is InChI=1S/C8H13NO2S2/c1-4-5-11-7(10)6-9-8(12-2)13-3/h4H,1,5-6H2,2-3H3. The molecular formula is C8H13NO2S2. The maximum atomic E-state index is 10.9. The van der Waals surface area contributed by atoms with Crippen molar-refractivity contribution in [1.29, 1.82) is 0 Å². The van der Waals surface area contributed by atoms with Gasteiger partial charge < -0.3 is 4.74 Å². The number of ether oxygens (including phenoxy) is 1. The van der Waals surface area contributed by atoms with Crippen LogP contribution >= 0.6 is 23.5 Å². The van der Waals surface area contributed by atoms with Gasteiger partial charge in [0.15, 0.2) is 0 Å². The molecule has 0 fully saturated rings. The van der Waals surface area contributed by atoms with Crippen LogP contribution in [-0.4, -0.2) is 36.0 Å². The van der Waals surface area contributed by atoms with Crippen LogP contribution in [0.4, 0.5) is 0 Å². The van der Waals surface area contributed by atoms with E-state index in [-0.39, 0.29) is 19.1 Å². The summed E-state index contributed by atoms with van der Waals surface area (Å²) in [4.78, 5) is 15.0.